The second kappa shape index (κ2) is 25.8. The van der Waals surface area contributed by atoms with Gasteiger partial charge in [0.05, 0.1) is 35.7 Å². The van der Waals surface area contributed by atoms with Crippen LogP contribution in [0.3, 0.4) is 0 Å². The van der Waals surface area contributed by atoms with Crippen molar-refractivity contribution in [1.82, 2.24) is 16.0 Å². The van der Waals surface area contributed by atoms with Gasteiger partial charge in [-0.05, 0) is 139 Å². The Hall–Kier alpha value is -6.83. The number of fused-ring (bicyclic) bond motifs is 14. The summed E-state index contributed by atoms with van der Waals surface area (Å²) in [5, 5.41) is 59.1. The first-order valence-corrected chi connectivity index (χ1v) is 35.6. The van der Waals surface area contributed by atoms with E-state index in [2.05, 4.69) is 125 Å². The van der Waals surface area contributed by atoms with Gasteiger partial charge in [-0.2, -0.15) is 0 Å². The van der Waals surface area contributed by atoms with Gasteiger partial charge in [-0.1, -0.05) is 131 Å². The van der Waals surface area contributed by atoms with Crippen LogP contribution in [0, 0.1) is 59.2 Å². The van der Waals surface area contributed by atoms with E-state index in [1.54, 1.807) is 13.2 Å². The molecule has 478 valence electrons. The van der Waals surface area contributed by atoms with Gasteiger partial charge in [-0.15, -0.1) is 0 Å². The first-order chi connectivity index (χ1) is 44.9. The number of esters is 1. The zero-order valence-electron chi connectivity index (χ0n) is 52.3. The average molecular weight is 1280 g/mol. The Labute approximate surface area is 547 Å². The molecule has 6 heterocycles. The topological polar surface area (TPSA) is 206 Å². The van der Waals surface area contributed by atoms with Gasteiger partial charge in [0.25, 0.3) is 0 Å². The molecular formula is C76H82N4O10S2. The molecule has 0 amide bonds. The van der Waals surface area contributed by atoms with E-state index in [1.807, 2.05) is 33.7 Å². The van der Waals surface area contributed by atoms with Crippen LogP contribution in [0.5, 0.6) is 28.7 Å². The van der Waals surface area contributed by atoms with Crippen LogP contribution < -0.4 is 35.9 Å². The van der Waals surface area contributed by atoms with Crippen molar-refractivity contribution in [3.8, 4) is 63.6 Å². The number of aromatic hydroxyl groups is 2. The highest BCUT2D eigenvalue weighted by atomic mass is 33.1. The molecule has 10 aliphatic rings. The average Bonchev–Trinajstić information content (AvgIpc) is 1.53. The van der Waals surface area contributed by atoms with Crippen molar-refractivity contribution >= 4 is 33.6 Å². The zero-order valence-corrected chi connectivity index (χ0v) is 53.9. The smallest absolute Gasteiger partial charge is 0.302 e. The van der Waals surface area contributed by atoms with E-state index < -0.39 is 48.4 Å². The summed E-state index contributed by atoms with van der Waals surface area (Å²) in [5.74, 6) is 15.7. The Bertz CT molecular complexity index is 3920. The molecule has 92 heavy (non-hydrogen) atoms. The maximum Gasteiger partial charge on any atom is 0.302 e. The van der Waals surface area contributed by atoms with Crippen LogP contribution in [-0.4, -0.2) is 102 Å². The van der Waals surface area contributed by atoms with E-state index in [-0.39, 0.29) is 78.2 Å². The number of benzene rings is 5. The summed E-state index contributed by atoms with van der Waals surface area (Å²) < 4.78 is 34.4. The SMILES string of the molecule is COC[C@@H]1[C@@H](CO)CNCc2c(O)c3c(c4c2[C@H]2C#CC5=C(C=CC(N)N5)[C@H](Cc5cccc(c5)C[C@H]1C#C2)[C@H]1CC[C@@]2(Cc5cc(O)cc(OCO)c5-c5ccc6c(c52)O[C@H]4[C@H]6COC(C)=O)C1)C=C[C@@H]1N[C@@H]2CCC[C@H](CSS[C@@H](Cc4ccccc4)[C@@H]1O3)C2. The predicted molar refractivity (Wildman–Crippen MR) is 359 cm³/mol. The summed E-state index contributed by atoms with van der Waals surface area (Å²) in [6.07, 6.45) is 16.2. The molecule has 5 aromatic carbocycles. The molecule has 4 aliphatic carbocycles. The van der Waals surface area contributed by atoms with E-state index in [1.165, 1.54) is 24.5 Å². The molecule has 5 aromatic rings. The molecule has 14 nitrogen and oxygen atoms in total. The lowest BCUT2D eigenvalue weighted by molar-refractivity contribution is -0.141. The lowest BCUT2D eigenvalue weighted by atomic mass is 9.64. The summed E-state index contributed by atoms with van der Waals surface area (Å²) >= 11 is 0. The first-order valence-electron chi connectivity index (χ1n) is 33.2. The van der Waals surface area contributed by atoms with Gasteiger partial charge in [0.2, 0.25) is 0 Å². The lowest BCUT2D eigenvalue weighted by Crippen LogP contribution is -2.52. The molecule has 15 rings (SSSR count). The van der Waals surface area contributed by atoms with Crippen LogP contribution in [0.4, 0.5) is 0 Å². The highest BCUT2D eigenvalue weighted by Crippen LogP contribution is 2.64. The Morgan fingerprint density at radius 2 is 1.78 bits per heavy atom. The third kappa shape index (κ3) is 11.5. The van der Waals surface area contributed by atoms with Crippen molar-refractivity contribution in [2.75, 3.05) is 46.0 Å². The Morgan fingerprint density at radius 3 is 2.62 bits per heavy atom. The number of phenols is 2. The normalized spacial score (nSPS) is 31.1. The van der Waals surface area contributed by atoms with Gasteiger partial charge in [0.1, 0.15) is 42.0 Å². The molecule has 15 atom stereocenters. The maximum absolute atomic E-state index is 13.9. The Kier molecular flexibility index (Phi) is 17.2. The monoisotopic (exact) mass is 1270 g/mol. The van der Waals surface area contributed by atoms with Crippen LogP contribution in [0.15, 0.2) is 108 Å². The summed E-state index contributed by atoms with van der Waals surface area (Å²) in [6.45, 7) is 1.55. The lowest BCUT2D eigenvalue weighted by Gasteiger charge is -2.40. The minimum atomic E-state index is -0.895. The quantitative estimate of drug-likeness (QED) is 0.0299. The van der Waals surface area contributed by atoms with Crippen LogP contribution in [0.2, 0.25) is 0 Å². The number of rotatable bonds is 9. The fraction of sp³-hybridized carbons (Fsp3) is 0.461. The van der Waals surface area contributed by atoms with Crippen LogP contribution in [0.25, 0.3) is 17.2 Å². The molecule has 1 saturated heterocycles. The van der Waals surface area contributed by atoms with E-state index in [0.29, 0.717) is 72.3 Å². The number of nitrogens with one attached hydrogen (secondary N) is 3. The Morgan fingerprint density at radius 1 is 0.913 bits per heavy atom. The highest BCUT2D eigenvalue weighted by Gasteiger charge is 2.54. The van der Waals surface area contributed by atoms with Crippen molar-refractivity contribution in [3.63, 3.8) is 0 Å². The molecule has 3 fully saturated rings. The molecular weight excluding hydrogens is 1190 g/mol. The van der Waals surface area contributed by atoms with Crippen molar-refractivity contribution in [1.29, 1.82) is 0 Å². The fourth-order valence-electron chi connectivity index (χ4n) is 17.7. The van der Waals surface area contributed by atoms with Gasteiger partial charge in [-0.25, -0.2) is 0 Å². The highest BCUT2D eigenvalue weighted by molar-refractivity contribution is 8.77. The number of nitrogens with two attached hydrogens (primary N) is 1. The first kappa shape index (κ1) is 61.4. The number of hydrogen-bond acceptors (Lipinski definition) is 16. The van der Waals surface area contributed by atoms with Gasteiger partial charge in [0.15, 0.2) is 18.3 Å². The zero-order chi connectivity index (χ0) is 62.8. The number of ether oxygens (including phenoxy) is 5. The molecule has 0 aromatic heterocycles. The molecule has 1 spiro atoms. The molecule has 0 radical (unpaired) electrons. The largest absolute Gasteiger partial charge is 0.508 e. The predicted octanol–water partition coefficient (Wildman–Crippen LogP) is 10.6. The number of carbonyl (C=O) groups excluding carboxylic acids is 1. The molecule has 9 N–H and O–H groups in total. The molecule has 1 unspecified atom stereocenters. The second-order valence-electron chi connectivity index (χ2n) is 27.4. The number of phenolic OH excluding ortho intramolecular Hbond substituents is 2. The van der Waals surface area contributed by atoms with E-state index >= 15 is 0 Å². The van der Waals surface area contributed by atoms with Crippen molar-refractivity contribution in [2.45, 2.75) is 137 Å². The number of aliphatic hydroxyl groups is 2. The molecule has 11 bridgehead atoms. The van der Waals surface area contributed by atoms with E-state index in [0.717, 1.165) is 101 Å². The number of hydrogen-bond donors (Lipinski definition) is 8. The summed E-state index contributed by atoms with van der Waals surface area (Å²) in [6, 6.07) is 27.2. The molecule has 16 heteroatoms. The molecule has 6 aliphatic heterocycles. The fourth-order valence-corrected chi connectivity index (χ4v) is 20.9. The third-order valence-electron chi connectivity index (χ3n) is 21.8. The number of carbonyl (C=O) groups is 1. The minimum Gasteiger partial charge on any atom is -0.508 e. The maximum atomic E-state index is 13.9. The van der Waals surface area contributed by atoms with Gasteiger partial charge < -0.3 is 65.8 Å². The number of aliphatic hydroxyl groups excluding tert-OH is 2. The third-order valence-corrected chi connectivity index (χ3v) is 24.8. The van der Waals surface area contributed by atoms with E-state index in [4.69, 9.17) is 29.4 Å². The van der Waals surface area contributed by atoms with Crippen LogP contribution >= 0.6 is 21.6 Å². The second-order valence-corrected chi connectivity index (χ2v) is 30.1. The summed E-state index contributed by atoms with van der Waals surface area (Å²) in [7, 11) is 5.54. The van der Waals surface area contributed by atoms with Gasteiger partial charge in [-0.3, -0.25) is 4.79 Å². The molecule has 2 saturated carbocycles. The van der Waals surface area contributed by atoms with Crippen molar-refractivity contribution in [3.05, 3.63) is 164 Å². The summed E-state index contributed by atoms with van der Waals surface area (Å²) in [5.41, 5.74) is 18.8. The summed E-state index contributed by atoms with van der Waals surface area (Å²) in [4.78, 5) is 13.5. The number of dihydropyridines is 1. The Balaban J connectivity index is 1.05. The number of methoxy groups -OCH3 is 1. The van der Waals surface area contributed by atoms with Crippen LogP contribution in [-0.2, 0) is 51.9 Å². The van der Waals surface area contributed by atoms with Crippen molar-refractivity contribution < 1.29 is 48.9 Å². The van der Waals surface area contributed by atoms with Crippen molar-refractivity contribution in [2.24, 2.45) is 41.2 Å². The number of allylic oxidation sites excluding steroid dienone is 3. The van der Waals surface area contributed by atoms with Gasteiger partial charge in [0, 0.05) is 108 Å². The minimum absolute atomic E-state index is 0.0253. The van der Waals surface area contributed by atoms with Gasteiger partial charge >= 0.3 is 5.97 Å². The van der Waals surface area contributed by atoms with Crippen LogP contribution in [0.1, 0.15) is 125 Å². The standard InChI is InChI=1S/C76H82N4O10S2/c1-42(83)87-39-61-55-17-18-56-67-50(31-53(84)32-64(67)88-41-82)34-76-25-24-49(33-76)58-29-45-11-6-10-44(26-45)27-48-15-14-47(16-21-62-54(58)20-23-66(77)80-62)68-59(36-78-35-51(37-81)60(48)38-86-2)71(85)74-57(69(68)72(61)89-73(55)70(56)76)19-22-63-75(90-74)65(30-43-8-4-3-5-9-43)92-91-40-46-12-7-13-52(28-46)79-63/h3-6,8-11,17-20,22-23,26,31-32,46-49,51-52,58,60-61,63,65-66,72,75,78-82,84-85H,7,12-13,24-25,27-30,33-41,77H2,1-2H3/t46-,47+,48+,49-,51+,52+,58+,60-,61-,63-,65-,66?,72-,75+,76-/m0/s1. The van der Waals surface area contributed by atoms with E-state index in [9.17, 15) is 25.2 Å².